The van der Waals surface area contributed by atoms with E-state index in [1.807, 2.05) is 23.7 Å². The summed E-state index contributed by atoms with van der Waals surface area (Å²) in [6.45, 7) is 3.98. The van der Waals surface area contributed by atoms with Gasteiger partial charge in [0.05, 0.1) is 18.2 Å². The number of anilines is 1. The Bertz CT molecular complexity index is 1010. The van der Waals surface area contributed by atoms with Crippen LogP contribution in [-0.2, 0) is 23.6 Å². The van der Waals surface area contributed by atoms with E-state index in [4.69, 9.17) is 12.2 Å². The lowest BCUT2D eigenvalue weighted by Crippen LogP contribution is -2.47. The van der Waals surface area contributed by atoms with E-state index in [2.05, 4.69) is 14.9 Å². The second-order valence-corrected chi connectivity index (χ2v) is 10.1. The Morgan fingerprint density at radius 1 is 1.18 bits per heavy atom. The molecule has 28 heavy (non-hydrogen) atoms. The Hall–Kier alpha value is -1.78. The van der Waals surface area contributed by atoms with Crippen LogP contribution in [0.5, 0.6) is 0 Å². The standard InChI is InChI=1S/C18H24FN5O2S2/c1-21-17(14-6-11-28(25,26)12-14)20-24(18(21)27)13-22-7-9-23(10-8-22)16-4-2-15(19)3-5-16/h2-5,14H,6-13H2,1H3. The van der Waals surface area contributed by atoms with Crippen LogP contribution in [0.25, 0.3) is 0 Å². The first-order valence-corrected chi connectivity index (χ1v) is 11.6. The van der Waals surface area contributed by atoms with Crippen LogP contribution in [0.2, 0.25) is 0 Å². The van der Waals surface area contributed by atoms with Crippen molar-refractivity contribution in [3.63, 3.8) is 0 Å². The molecule has 0 radical (unpaired) electrons. The second-order valence-electron chi connectivity index (χ2n) is 7.52. The van der Waals surface area contributed by atoms with Crippen molar-refractivity contribution in [2.24, 2.45) is 7.05 Å². The predicted octanol–water partition coefficient (Wildman–Crippen LogP) is 1.77. The highest BCUT2D eigenvalue weighted by Crippen LogP contribution is 2.27. The van der Waals surface area contributed by atoms with E-state index < -0.39 is 9.84 Å². The molecule has 10 heteroatoms. The molecule has 2 aromatic rings. The first-order chi connectivity index (χ1) is 13.3. The molecule has 2 saturated heterocycles. The third kappa shape index (κ3) is 3.99. The molecule has 0 bridgehead atoms. The minimum Gasteiger partial charge on any atom is -0.369 e. The number of rotatable bonds is 4. The average molecular weight is 426 g/mol. The highest BCUT2D eigenvalue weighted by Gasteiger charge is 2.32. The van der Waals surface area contributed by atoms with Crippen LogP contribution in [0.4, 0.5) is 10.1 Å². The Morgan fingerprint density at radius 3 is 2.46 bits per heavy atom. The van der Waals surface area contributed by atoms with Crippen LogP contribution in [0, 0.1) is 10.6 Å². The van der Waals surface area contributed by atoms with E-state index in [0.717, 1.165) is 37.7 Å². The van der Waals surface area contributed by atoms with Gasteiger partial charge in [-0.1, -0.05) is 0 Å². The fourth-order valence-electron chi connectivity index (χ4n) is 3.94. The summed E-state index contributed by atoms with van der Waals surface area (Å²) in [4.78, 5) is 4.51. The molecule has 2 aliphatic heterocycles. The Labute approximate surface area is 169 Å². The topological polar surface area (TPSA) is 63.4 Å². The number of halogens is 1. The number of aromatic nitrogens is 3. The fraction of sp³-hybridized carbons (Fsp3) is 0.556. The SMILES string of the molecule is Cn1c(C2CCS(=O)(=O)C2)nn(CN2CCN(c3ccc(F)cc3)CC2)c1=S. The molecule has 1 unspecified atom stereocenters. The number of nitrogens with zero attached hydrogens (tertiary/aromatic N) is 5. The van der Waals surface area contributed by atoms with Crippen LogP contribution in [0.3, 0.4) is 0 Å². The minimum atomic E-state index is -2.96. The molecule has 3 heterocycles. The summed E-state index contributed by atoms with van der Waals surface area (Å²) in [5.74, 6) is 0.841. The van der Waals surface area contributed by atoms with Crippen LogP contribution in [0.1, 0.15) is 18.2 Å². The first-order valence-electron chi connectivity index (χ1n) is 9.39. The van der Waals surface area contributed by atoms with Crippen molar-refractivity contribution in [1.82, 2.24) is 19.2 Å². The molecule has 4 rings (SSSR count). The zero-order chi connectivity index (χ0) is 19.9. The lowest BCUT2D eigenvalue weighted by Gasteiger charge is -2.35. The van der Waals surface area contributed by atoms with E-state index in [1.165, 1.54) is 12.1 Å². The maximum absolute atomic E-state index is 13.1. The molecule has 2 fully saturated rings. The Kier molecular flexibility index (Phi) is 5.28. The summed E-state index contributed by atoms with van der Waals surface area (Å²) < 4.78 is 40.9. The van der Waals surface area contributed by atoms with Crippen LogP contribution >= 0.6 is 12.2 Å². The van der Waals surface area contributed by atoms with Gasteiger partial charge in [0.1, 0.15) is 11.6 Å². The summed E-state index contributed by atoms with van der Waals surface area (Å²) in [5.41, 5.74) is 1.03. The number of sulfone groups is 1. The zero-order valence-corrected chi connectivity index (χ0v) is 17.4. The summed E-state index contributed by atoms with van der Waals surface area (Å²) in [6, 6.07) is 6.59. The maximum atomic E-state index is 13.1. The van der Waals surface area contributed by atoms with Crippen LogP contribution in [-0.4, -0.2) is 65.4 Å². The molecule has 1 aromatic carbocycles. The number of benzene rings is 1. The third-order valence-electron chi connectivity index (χ3n) is 5.57. The molecular formula is C18H24FN5O2S2. The number of piperazine rings is 1. The van der Waals surface area contributed by atoms with Gasteiger partial charge in [-0.05, 0) is 42.9 Å². The minimum absolute atomic E-state index is 0.0757. The van der Waals surface area contributed by atoms with Crippen molar-refractivity contribution in [2.45, 2.75) is 19.0 Å². The first kappa shape index (κ1) is 19.5. The smallest absolute Gasteiger partial charge is 0.198 e. The molecule has 1 atom stereocenters. The largest absolute Gasteiger partial charge is 0.369 e. The highest BCUT2D eigenvalue weighted by molar-refractivity contribution is 7.91. The van der Waals surface area contributed by atoms with Crippen molar-refractivity contribution in [3.8, 4) is 0 Å². The zero-order valence-electron chi connectivity index (χ0n) is 15.8. The monoisotopic (exact) mass is 425 g/mol. The van der Waals surface area contributed by atoms with Gasteiger partial charge < -0.3 is 9.47 Å². The van der Waals surface area contributed by atoms with Gasteiger partial charge in [-0.2, -0.15) is 5.10 Å². The lowest BCUT2D eigenvalue weighted by molar-refractivity contribution is 0.194. The summed E-state index contributed by atoms with van der Waals surface area (Å²) in [7, 11) is -1.10. The molecule has 1 aromatic heterocycles. The molecular weight excluding hydrogens is 401 g/mol. The number of hydrogen-bond donors (Lipinski definition) is 0. The van der Waals surface area contributed by atoms with Gasteiger partial charge in [0.25, 0.3) is 0 Å². The van der Waals surface area contributed by atoms with Crippen molar-refractivity contribution in [2.75, 3.05) is 42.6 Å². The van der Waals surface area contributed by atoms with Gasteiger partial charge in [0.15, 0.2) is 14.6 Å². The third-order valence-corrected chi connectivity index (χ3v) is 7.82. The van der Waals surface area contributed by atoms with E-state index >= 15 is 0 Å². The van der Waals surface area contributed by atoms with Crippen molar-refractivity contribution >= 4 is 27.7 Å². The van der Waals surface area contributed by atoms with Crippen LogP contribution < -0.4 is 4.90 Å². The molecule has 2 aliphatic rings. The fourth-order valence-corrected chi connectivity index (χ4v) is 5.87. The van der Waals surface area contributed by atoms with Gasteiger partial charge in [-0.25, -0.2) is 17.5 Å². The molecule has 0 N–H and O–H groups in total. The maximum Gasteiger partial charge on any atom is 0.198 e. The van der Waals surface area contributed by atoms with Crippen molar-refractivity contribution in [3.05, 3.63) is 40.7 Å². The molecule has 0 spiro atoms. The van der Waals surface area contributed by atoms with Gasteiger partial charge in [-0.15, -0.1) is 0 Å². The van der Waals surface area contributed by atoms with E-state index in [1.54, 1.807) is 4.68 Å². The van der Waals surface area contributed by atoms with Crippen LogP contribution in [0.15, 0.2) is 24.3 Å². The molecule has 7 nitrogen and oxygen atoms in total. The average Bonchev–Trinajstić information content (AvgIpc) is 3.17. The van der Waals surface area contributed by atoms with E-state index in [0.29, 0.717) is 17.9 Å². The Balaban J connectivity index is 1.41. The molecule has 0 amide bonds. The second kappa shape index (κ2) is 7.57. The van der Waals surface area contributed by atoms with Crippen molar-refractivity contribution < 1.29 is 12.8 Å². The Morgan fingerprint density at radius 2 is 1.86 bits per heavy atom. The summed E-state index contributed by atoms with van der Waals surface area (Å²) in [5, 5.41) is 4.65. The summed E-state index contributed by atoms with van der Waals surface area (Å²) in [6.07, 6.45) is 0.609. The normalized spacial score (nSPS) is 22.6. The van der Waals surface area contributed by atoms with Gasteiger partial charge in [-0.3, -0.25) is 4.90 Å². The molecule has 152 valence electrons. The summed E-state index contributed by atoms with van der Waals surface area (Å²) >= 11 is 5.53. The van der Waals surface area contributed by atoms with Gasteiger partial charge >= 0.3 is 0 Å². The van der Waals surface area contributed by atoms with E-state index in [9.17, 15) is 12.8 Å². The number of hydrogen-bond acceptors (Lipinski definition) is 6. The van der Waals surface area contributed by atoms with Crippen molar-refractivity contribution in [1.29, 1.82) is 0 Å². The predicted molar refractivity (Wildman–Crippen MR) is 108 cm³/mol. The molecule has 0 saturated carbocycles. The van der Waals surface area contributed by atoms with Gasteiger partial charge in [0, 0.05) is 44.8 Å². The van der Waals surface area contributed by atoms with E-state index in [-0.39, 0.29) is 23.2 Å². The van der Waals surface area contributed by atoms with Gasteiger partial charge in [0.2, 0.25) is 0 Å². The lowest BCUT2D eigenvalue weighted by atomic mass is 10.1. The quantitative estimate of drug-likeness (QED) is 0.696. The molecule has 0 aliphatic carbocycles. The highest BCUT2D eigenvalue weighted by atomic mass is 32.2.